The van der Waals surface area contributed by atoms with Crippen LogP contribution in [0.15, 0.2) is 30.6 Å². The number of aryl methyl sites for hydroxylation is 1. The molecule has 4 rings (SSSR count). The monoisotopic (exact) mass is 517 g/mol. The van der Waals surface area contributed by atoms with Crippen molar-refractivity contribution in [3.8, 4) is 5.69 Å². The fourth-order valence-corrected chi connectivity index (χ4v) is 4.28. The third-order valence-electron chi connectivity index (χ3n) is 5.79. The van der Waals surface area contributed by atoms with Gasteiger partial charge in [0, 0.05) is 33.4 Å². The van der Waals surface area contributed by atoms with Gasteiger partial charge in [-0.3, -0.25) is 9.59 Å². The molecule has 1 saturated heterocycles. The zero-order valence-corrected chi connectivity index (χ0v) is 20.6. The molecule has 11 nitrogen and oxygen atoms in total. The Morgan fingerprint density at radius 3 is 2.61 bits per heavy atom. The lowest BCUT2D eigenvalue weighted by Gasteiger charge is -2.22. The van der Waals surface area contributed by atoms with E-state index in [1.807, 2.05) is 0 Å². The van der Waals surface area contributed by atoms with E-state index in [1.165, 1.54) is 20.3 Å². The van der Waals surface area contributed by atoms with Crippen LogP contribution in [0.4, 0.5) is 10.2 Å². The number of nitrogens with zero attached hydrogens (tertiary/aromatic N) is 5. The van der Waals surface area contributed by atoms with Crippen LogP contribution in [0.2, 0.25) is 5.02 Å². The highest BCUT2D eigenvalue weighted by molar-refractivity contribution is 6.34. The van der Waals surface area contributed by atoms with E-state index in [-0.39, 0.29) is 40.6 Å². The van der Waals surface area contributed by atoms with E-state index < -0.39 is 18.0 Å². The number of methoxy groups -OCH3 is 2. The van der Waals surface area contributed by atoms with Gasteiger partial charge in [-0.25, -0.2) is 19.0 Å². The van der Waals surface area contributed by atoms with E-state index in [0.717, 1.165) is 0 Å². The molecule has 1 atom stereocenters. The molecule has 2 amide bonds. The highest BCUT2D eigenvalue weighted by atomic mass is 35.5. The minimum atomic E-state index is -0.938. The summed E-state index contributed by atoms with van der Waals surface area (Å²) in [6.45, 7) is 2.42. The van der Waals surface area contributed by atoms with Crippen molar-refractivity contribution >= 4 is 29.2 Å². The van der Waals surface area contributed by atoms with E-state index in [2.05, 4.69) is 20.4 Å². The summed E-state index contributed by atoms with van der Waals surface area (Å²) in [4.78, 5) is 34.8. The van der Waals surface area contributed by atoms with Crippen LogP contribution < -0.4 is 16.0 Å². The molecule has 2 aromatic heterocycles. The summed E-state index contributed by atoms with van der Waals surface area (Å²) in [5, 5.41) is 7.41. The Labute approximate surface area is 211 Å². The number of benzene rings is 1. The molecule has 1 aliphatic heterocycles. The molecule has 0 bridgehead atoms. The second kappa shape index (κ2) is 10.6. The van der Waals surface area contributed by atoms with Crippen LogP contribution in [0.25, 0.3) is 5.69 Å². The molecule has 3 aromatic rings. The van der Waals surface area contributed by atoms with Gasteiger partial charge in [-0.15, -0.1) is 0 Å². The molecule has 1 fully saturated rings. The van der Waals surface area contributed by atoms with Crippen molar-refractivity contribution in [1.82, 2.24) is 25.1 Å². The molecule has 13 heteroatoms. The van der Waals surface area contributed by atoms with Crippen molar-refractivity contribution in [3.63, 3.8) is 0 Å². The standard InChI is InChI=1S/C23H25ClFN7O4/c1-12-27-11-32(30-12)14-4-5-15(17(24)8-14)22(34)28-13-6-7-31(10-13)21-19(25)16(20(26)33)9-18(29-21)23(35-2)36-3/h4-5,8-9,11,13,23H,6-7,10H2,1-3H3,(H2,26,33)(H,28,34). The quantitative estimate of drug-likeness (QED) is 0.434. The molecule has 0 aliphatic carbocycles. The first-order valence-corrected chi connectivity index (χ1v) is 11.4. The summed E-state index contributed by atoms with van der Waals surface area (Å²) in [7, 11) is 2.80. The number of hydrogen-bond donors (Lipinski definition) is 2. The van der Waals surface area contributed by atoms with Crippen LogP contribution >= 0.6 is 11.6 Å². The smallest absolute Gasteiger partial charge is 0.253 e. The molecule has 36 heavy (non-hydrogen) atoms. The van der Waals surface area contributed by atoms with E-state index in [0.29, 0.717) is 30.0 Å². The van der Waals surface area contributed by atoms with Crippen molar-refractivity contribution in [2.75, 3.05) is 32.2 Å². The van der Waals surface area contributed by atoms with Crippen LogP contribution in [0.5, 0.6) is 0 Å². The Morgan fingerprint density at radius 2 is 2.00 bits per heavy atom. The minimum absolute atomic E-state index is 0.0670. The fraction of sp³-hybridized carbons (Fsp3) is 0.348. The molecule has 190 valence electrons. The van der Waals surface area contributed by atoms with Gasteiger partial charge in [0.1, 0.15) is 12.2 Å². The van der Waals surface area contributed by atoms with Gasteiger partial charge in [0.2, 0.25) is 6.29 Å². The Bertz CT molecular complexity index is 1300. The number of carbonyl (C=O) groups is 2. The zero-order valence-electron chi connectivity index (χ0n) is 19.9. The molecule has 3 N–H and O–H groups in total. The number of rotatable bonds is 8. The van der Waals surface area contributed by atoms with E-state index in [1.54, 1.807) is 41.0 Å². The largest absolute Gasteiger partial charge is 0.366 e. The second-order valence-electron chi connectivity index (χ2n) is 8.21. The lowest BCUT2D eigenvalue weighted by atomic mass is 10.1. The Balaban J connectivity index is 1.50. The number of nitrogens with one attached hydrogen (secondary N) is 1. The van der Waals surface area contributed by atoms with Gasteiger partial charge in [0.15, 0.2) is 11.6 Å². The predicted octanol–water partition coefficient (Wildman–Crippen LogP) is 2.16. The number of pyridine rings is 1. The first-order valence-electron chi connectivity index (χ1n) is 11.0. The maximum absolute atomic E-state index is 15.1. The van der Waals surface area contributed by atoms with E-state index in [9.17, 15) is 9.59 Å². The zero-order chi connectivity index (χ0) is 26.0. The number of nitrogens with two attached hydrogens (primary N) is 1. The van der Waals surface area contributed by atoms with Crippen molar-refractivity contribution in [3.05, 3.63) is 64.1 Å². The van der Waals surface area contributed by atoms with Gasteiger partial charge < -0.3 is 25.4 Å². The summed E-state index contributed by atoms with van der Waals surface area (Å²) >= 11 is 6.37. The topological polar surface area (TPSA) is 137 Å². The maximum atomic E-state index is 15.1. The van der Waals surface area contributed by atoms with Crippen molar-refractivity contribution in [1.29, 1.82) is 0 Å². The summed E-state index contributed by atoms with van der Waals surface area (Å²) in [5.41, 5.74) is 6.21. The van der Waals surface area contributed by atoms with E-state index in [4.69, 9.17) is 26.8 Å². The van der Waals surface area contributed by atoms with E-state index >= 15 is 4.39 Å². The van der Waals surface area contributed by atoms with Gasteiger partial charge in [0.05, 0.1) is 27.5 Å². The average molecular weight is 518 g/mol. The number of primary amides is 1. The van der Waals surface area contributed by atoms with Gasteiger partial charge in [0.25, 0.3) is 11.8 Å². The van der Waals surface area contributed by atoms with Crippen LogP contribution in [0, 0.1) is 12.7 Å². The summed E-state index contributed by atoms with van der Waals surface area (Å²) in [5.74, 6) is -1.61. The molecule has 0 radical (unpaired) electrons. The summed E-state index contributed by atoms with van der Waals surface area (Å²) < 4.78 is 27.1. The molecule has 1 aliphatic rings. The molecule has 3 heterocycles. The van der Waals surface area contributed by atoms with Crippen LogP contribution in [0.1, 0.15) is 44.9 Å². The molecule has 1 unspecified atom stereocenters. The van der Waals surface area contributed by atoms with Crippen LogP contribution in [-0.4, -0.2) is 64.9 Å². The number of hydrogen-bond acceptors (Lipinski definition) is 8. The predicted molar refractivity (Wildman–Crippen MR) is 129 cm³/mol. The Morgan fingerprint density at radius 1 is 1.25 bits per heavy atom. The molecule has 1 aromatic carbocycles. The number of ether oxygens (including phenoxy) is 2. The minimum Gasteiger partial charge on any atom is -0.366 e. The molecular weight excluding hydrogens is 493 g/mol. The third kappa shape index (κ3) is 5.15. The van der Waals surface area contributed by atoms with Gasteiger partial charge >= 0.3 is 0 Å². The molecule has 0 spiro atoms. The number of anilines is 1. The lowest BCUT2D eigenvalue weighted by molar-refractivity contribution is -0.108. The first kappa shape index (κ1) is 25.5. The van der Waals surface area contributed by atoms with Gasteiger partial charge in [-0.05, 0) is 37.6 Å². The summed E-state index contributed by atoms with van der Waals surface area (Å²) in [6, 6.07) is 5.85. The summed E-state index contributed by atoms with van der Waals surface area (Å²) in [6.07, 6.45) is 1.17. The normalized spacial score (nSPS) is 15.5. The Hall–Kier alpha value is -3.61. The highest BCUT2D eigenvalue weighted by Crippen LogP contribution is 2.28. The van der Waals surface area contributed by atoms with Gasteiger partial charge in [-0.2, -0.15) is 5.10 Å². The van der Waals surface area contributed by atoms with Crippen LogP contribution in [0.3, 0.4) is 0 Å². The second-order valence-corrected chi connectivity index (χ2v) is 8.61. The number of amides is 2. The maximum Gasteiger partial charge on any atom is 0.253 e. The van der Waals surface area contributed by atoms with Crippen molar-refractivity contribution in [2.45, 2.75) is 25.7 Å². The molecular formula is C23H25ClFN7O4. The number of carbonyl (C=O) groups excluding carboxylic acids is 2. The SMILES string of the molecule is COC(OC)c1cc(C(N)=O)c(F)c(N2CCC(NC(=O)c3ccc(-n4cnc(C)n4)cc3Cl)C2)n1. The van der Waals surface area contributed by atoms with Crippen molar-refractivity contribution < 1.29 is 23.5 Å². The third-order valence-corrected chi connectivity index (χ3v) is 6.10. The molecule has 0 saturated carbocycles. The Kier molecular flexibility index (Phi) is 7.48. The van der Waals surface area contributed by atoms with Crippen LogP contribution in [-0.2, 0) is 9.47 Å². The lowest BCUT2D eigenvalue weighted by Crippen LogP contribution is -2.37. The highest BCUT2D eigenvalue weighted by Gasteiger charge is 2.30. The van der Waals surface area contributed by atoms with Gasteiger partial charge in [-0.1, -0.05) is 11.6 Å². The fourth-order valence-electron chi connectivity index (χ4n) is 4.02. The number of aromatic nitrogens is 4. The first-order chi connectivity index (χ1) is 17.2. The average Bonchev–Trinajstić information content (AvgIpc) is 3.49. The number of halogens is 2. The van der Waals surface area contributed by atoms with Crippen molar-refractivity contribution in [2.24, 2.45) is 5.73 Å².